The SMILES string of the molecule is Cc1cc(/C=C(\C#N)C(=O)Nc2cc(Cl)ccc2Cl)cc(C)c1O. The number of benzene rings is 2. The summed E-state index contributed by atoms with van der Waals surface area (Å²) < 4.78 is 0. The van der Waals surface area contributed by atoms with E-state index in [1.54, 1.807) is 38.1 Å². The van der Waals surface area contributed by atoms with E-state index in [1.807, 2.05) is 6.07 Å². The molecule has 2 aromatic rings. The van der Waals surface area contributed by atoms with Crippen molar-refractivity contribution in [1.82, 2.24) is 0 Å². The molecule has 2 aromatic carbocycles. The summed E-state index contributed by atoms with van der Waals surface area (Å²) in [4.78, 5) is 12.3. The lowest BCUT2D eigenvalue weighted by Crippen LogP contribution is -2.13. The van der Waals surface area contributed by atoms with Crippen LogP contribution in [0.3, 0.4) is 0 Å². The molecule has 0 heterocycles. The van der Waals surface area contributed by atoms with Gasteiger partial charge in [0.15, 0.2) is 0 Å². The van der Waals surface area contributed by atoms with Gasteiger partial charge >= 0.3 is 0 Å². The lowest BCUT2D eigenvalue weighted by Gasteiger charge is -2.08. The van der Waals surface area contributed by atoms with Crippen LogP contribution in [0.25, 0.3) is 6.08 Å². The Morgan fingerprint density at radius 1 is 1.21 bits per heavy atom. The standard InChI is InChI=1S/C18H14Cl2N2O2/c1-10-5-12(6-11(2)17(10)23)7-13(9-21)18(24)22-16-8-14(19)3-4-15(16)20/h3-8,23H,1-2H3,(H,22,24)/b13-7+. The summed E-state index contributed by atoms with van der Waals surface area (Å²) in [6.45, 7) is 3.50. The third kappa shape index (κ3) is 4.08. The largest absolute Gasteiger partial charge is 0.507 e. The summed E-state index contributed by atoms with van der Waals surface area (Å²) in [5.41, 5.74) is 2.21. The third-order valence-corrected chi connectivity index (χ3v) is 3.93. The van der Waals surface area contributed by atoms with E-state index in [0.717, 1.165) is 0 Å². The van der Waals surface area contributed by atoms with Crippen molar-refractivity contribution in [2.75, 3.05) is 5.32 Å². The molecule has 1 amide bonds. The molecule has 0 saturated carbocycles. The monoisotopic (exact) mass is 360 g/mol. The molecule has 0 saturated heterocycles. The highest BCUT2D eigenvalue weighted by atomic mass is 35.5. The average molecular weight is 361 g/mol. The molecule has 0 aliphatic heterocycles. The molecule has 0 aromatic heterocycles. The Balaban J connectivity index is 2.32. The molecule has 0 unspecified atom stereocenters. The van der Waals surface area contributed by atoms with Gasteiger partial charge in [0, 0.05) is 5.02 Å². The lowest BCUT2D eigenvalue weighted by molar-refractivity contribution is -0.112. The highest BCUT2D eigenvalue weighted by Gasteiger charge is 2.12. The Kier molecular flexibility index (Phi) is 5.50. The van der Waals surface area contributed by atoms with Crippen LogP contribution < -0.4 is 5.32 Å². The van der Waals surface area contributed by atoms with Crippen LogP contribution in [-0.2, 0) is 4.79 Å². The zero-order valence-electron chi connectivity index (χ0n) is 13.0. The van der Waals surface area contributed by atoms with Gasteiger partial charge < -0.3 is 10.4 Å². The minimum absolute atomic E-state index is 0.0875. The lowest BCUT2D eigenvalue weighted by atomic mass is 10.0. The molecule has 122 valence electrons. The van der Waals surface area contributed by atoms with Crippen LogP contribution in [0.4, 0.5) is 5.69 Å². The fourth-order valence-electron chi connectivity index (χ4n) is 2.17. The van der Waals surface area contributed by atoms with Crippen molar-refractivity contribution in [3.63, 3.8) is 0 Å². The first-order valence-electron chi connectivity index (χ1n) is 7.00. The molecule has 24 heavy (non-hydrogen) atoms. The predicted molar refractivity (Wildman–Crippen MR) is 96.3 cm³/mol. The minimum Gasteiger partial charge on any atom is -0.507 e. The summed E-state index contributed by atoms with van der Waals surface area (Å²) in [7, 11) is 0. The summed E-state index contributed by atoms with van der Waals surface area (Å²) in [6, 6.07) is 9.92. The number of phenolic OH excluding ortho intramolecular Hbond substituents is 1. The number of nitrogens with zero attached hydrogens (tertiary/aromatic N) is 1. The van der Waals surface area contributed by atoms with Crippen LogP contribution in [-0.4, -0.2) is 11.0 Å². The molecule has 0 aliphatic carbocycles. The minimum atomic E-state index is -0.593. The number of amides is 1. The van der Waals surface area contributed by atoms with Crippen LogP contribution in [0.2, 0.25) is 10.0 Å². The highest BCUT2D eigenvalue weighted by Crippen LogP contribution is 2.27. The van der Waals surface area contributed by atoms with Crippen molar-refractivity contribution >= 4 is 40.9 Å². The normalized spacial score (nSPS) is 11.0. The van der Waals surface area contributed by atoms with Crippen molar-refractivity contribution in [3.05, 3.63) is 62.6 Å². The topological polar surface area (TPSA) is 73.1 Å². The fraction of sp³-hybridized carbons (Fsp3) is 0.111. The van der Waals surface area contributed by atoms with Gasteiger partial charge in [0.1, 0.15) is 17.4 Å². The molecule has 0 bridgehead atoms. The molecule has 4 nitrogen and oxygen atoms in total. The predicted octanol–water partition coefficient (Wildman–Crippen LogP) is 4.86. The quantitative estimate of drug-likeness (QED) is 0.606. The van der Waals surface area contributed by atoms with Gasteiger partial charge in [-0.05, 0) is 66.9 Å². The number of aryl methyl sites for hydroxylation is 2. The molecular formula is C18H14Cl2N2O2. The number of aromatic hydroxyl groups is 1. The molecule has 0 spiro atoms. The van der Waals surface area contributed by atoms with Gasteiger partial charge in [0.05, 0.1) is 10.7 Å². The highest BCUT2D eigenvalue weighted by molar-refractivity contribution is 6.36. The molecule has 2 rings (SSSR count). The van der Waals surface area contributed by atoms with Gasteiger partial charge in [-0.3, -0.25) is 4.79 Å². The molecule has 0 atom stereocenters. The van der Waals surface area contributed by atoms with E-state index >= 15 is 0 Å². The van der Waals surface area contributed by atoms with Crippen LogP contribution >= 0.6 is 23.2 Å². The van der Waals surface area contributed by atoms with Gasteiger partial charge in [0.25, 0.3) is 5.91 Å². The Bertz CT molecular complexity index is 860. The number of hydrogen-bond donors (Lipinski definition) is 2. The Labute approximate surface area is 149 Å². The van der Waals surface area contributed by atoms with Crippen molar-refractivity contribution in [2.45, 2.75) is 13.8 Å². The van der Waals surface area contributed by atoms with Crippen LogP contribution in [0.1, 0.15) is 16.7 Å². The smallest absolute Gasteiger partial charge is 0.266 e. The summed E-state index contributed by atoms with van der Waals surface area (Å²) in [5, 5.41) is 22.4. The molecule has 0 aliphatic rings. The van der Waals surface area contributed by atoms with Crippen molar-refractivity contribution < 1.29 is 9.90 Å². The van der Waals surface area contributed by atoms with Gasteiger partial charge in [-0.25, -0.2) is 0 Å². The number of carbonyl (C=O) groups is 1. The molecule has 6 heteroatoms. The van der Waals surface area contributed by atoms with Gasteiger partial charge in [0.2, 0.25) is 0 Å². The Morgan fingerprint density at radius 3 is 2.42 bits per heavy atom. The van der Waals surface area contributed by atoms with Gasteiger partial charge in [-0.1, -0.05) is 23.2 Å². The average Bonchev–Trinajstić information content (AvgIpc) is 2.53. The molecule has 0 radical (unpaired) electrons. The van der Waals surface area contributed by atoms with E-state index in [1.165, 1.54) is 12.1 Å². The van der Waals surface area contributed by atoms with Crippen LogP contribution in [0.15, 0.2) is 35.9 Å². The van der Waals surface area contributed by atoms with E-state index in [4.69, 9.17) is 23.2 Å². The summed E-state index contributed by atoms with van der Waals surface area (Å²) in [6.07, 6.45) is 1.45. The van der Waals surface area contributed by atoms with Crippen LogP contribution in [0.5, 0.6) is 5.75 Å². The first-order valence-corrected chi connectivity index (χ1v) is 7.76. The zero-order chi connectivity index (χ0) is 17.9. The number of nitriles is 1. The number of nitrogens with one attached hydrogen (secondary N) is 1. The fourth-order valence-corrected chi connectivity index (χ4v) is 2.51. The first-order chi connectivity index (χ1) is 11.3. The van der Waals surface area contributed by atoms with Crippen molar-refractivity contribution in [2.24, 2.45) is 0 Å². The molecule has 2 N–H and O–H groups in total. The molecular weight excluding hydrogens is 347 g/mol. The first kappa shape index (κ1) is 17.9. The molecule has 0 fully saturated rings. The number of phenols is 1. The second kappa shape index (κ2) is 7.39. The summed E-state index contributed by atoms with van der Waals surface area (Å²) >= 11 is 11.9. The van der Waals surface area contributed by atoms with E-state index in [0.29, 0.717) is 32.4 Å². The van der Waals surface area contributed by atoms with E-state index in [9.17, 15) is 15.2 Å². The number of halogens is 2. The van der Waals surface area contributed by atoms with Gasteiger partial charge in [-0.2, -0.15) is 5.26 Å². The summed E-state index contributed by atoms with van der Waals surface area (Å²) in [5.74, 6) is -0.397. The maximum Gasteiger partial charge on any atom is 0.266 e. The van der Waals surface area contributed by atoms with Crippen molar-refractivity contribution in [1.29, 1.82) is 5.26 Å². The number of hydrogen-bond acceptors (Lipinski definition) is 3. The van der Waals surface area contributed by atoms with E-state index in [2.05, 4.69) is 5.32 Å². The second-order valence-electron chi connectivity index (χ2n) is 5.25. The zero-order valence-corrected chi connectivity index (χ0v) is 14.5. The van der Waals surface area contributed by atoms with E-state index < -0.39 is 5.91 Å². The third-order valence-electron chi connectivity index (χ3n) is 3.37. The van der Waals surface area contributed by atoms with Crippen molar-refractivity contribution in [3.8, 4) is 11.8 Å². The number of anilines is 1. The van der Waals surface area contributed by atoms with E-state index in [-0.39, 0.29) is 11.3 Å². The second-order valence-corrected chi connectivity index (χ2v) is 6.10. The Morgan fingerprint density at radius 2 is 1.83 bits per heavy atom. The number of carbonyl (C=O) groups excluding carboxylic acids is 1. The Hall–Kier alpha value is -2.48. The maximum atomic E-state index is 12.3. The van der Waals surface area contributed by atoms with Crippen LogP contribution in [0, 0.1) is 25.2 Å². The maximum absolute atomic E-state index is 12.3. The number of rotatable bonds is 3. The van der Waals surface area contributed by atoms with Gasteiger partial charge in [-0.15, -0.1) is 0 Å².